The number of nitrogens with zero attached hydrogens (tertiary/aromatic N) is 6. The lowest BCUT2D eigenvalue weighted by Gasteiger charge is -2.35. The monoisotopic (exact) mass is 322 g/mol. The third kappa shape index (κ3) is 3.23. The summed E-state index contributed by atoms with van der Waals surface area (Å²) < 4.78 is 1.84. The fourth-order valence-corrected chi connectivity index (χ4v) is 3.19. The molecule has 0 aliphatic carbocycles. The highest BCUT2D eigenvalue weighted by Crippen LogP contribution is 2.14. The molecule has 1 fully saturated rings. The van der Waals surface area contributed by atoms with Gasteiger partial charge < -0.3 is 4.90 Å². The summed E-state index contributed by atoms with van der Waals surface area (Å²) in [5.41, 5.74) is 3.17. The van der Waals surface area contributed by atoms with E-state index in [9.17, 15) is 0 Å². The summed E-state index contributed by atoms with van der Waals surface area (Å²) in [7, 11) is 0. The molecule has 0 amide bonds. The second kappa shape index (κ2) is 6.57. The van der Waals surface area contributed by atoms with E-state index in [0.717, 1.165) is 56.3 Å². The van der Waals surface area contributed by atoms with Crippen molar-refractivity contribution in [3.05, 3.63) is 54.1 Å². The number of piperazine rings is 1. The lowest BCUT2D eigenvalue weighted by Crippen LogP contribution is -2.47. The topological polar surface area (TPSA) is 49.6 Å². The normalized spacial score (nSPS) is 16.0. The van der Waals surface area contributed by atoms with E-state index in [-0.39, 0.29) is 0 Å². The SMILES string of the molecule is Cc1cccc(CCN2CCN(c3ccc4nccn4n3)CC2)n1. The quantitative estimate of drug-likeness (QED) is 0.733. The van der Waals surface area contributed by atoms with Crippen molar-refractivity contribution in [1.29, 1.82) is 0 Å². The first-order valence-corrected chi connectivity index (χ1v) is 8.48. The molecule has 0 aromatic carbocycles. The van der Waals surface area contributed by atoms with E-state index in [0.29, 0.717) is 0 Å². The molecule has 3 aromatic heterocycles. The molecule has 3 aromatic rings. The second-order valence-electron chi connectivity index (χ2n) is 6.27. The molecular formula is C18H22N6. The number of pyridine rings is 1. The van der Waals surface area contributed by atoms with Crippen LogP contribution in [-0.4, -0.2) is 57.2 Å². The van der Waals surface area contributed by atoms with Crippen LogP contribution in [0.25, 0.3) is 5.65 Å². The number of imidazole rings is 1. The van der Waals surface area contributed by atoms with Gasteiger partial charge in [0.1, 0.15) is 5.82 Å². The van der Waals surface area contributed by atoms with Gasteiger partial charge >= 0.3 is 0 Å². The van der Waals surface area contributed by atoms with Crippen molar-refractivity contribution in [3.8, 4) is 0 Å². The molecule has 0 bridgehead atoms. The summed E-state index contributed by atoms with van der Waals surface area (Å²) in [5.74, 6) is 1.03. The molecule has 1 saturated heterocycles. The van der Waals surface area contributed by atoms with Gasteiger partial charge in [-0.2, -0.15) is 0 Å². The van der Waals surface area contributed by atoms with E-state index < -0.39 is 0 Å². The van der Waals surface area contributed by atoms with Crippen LogP contribution in [-0.2, 0) is 6.42 Å². The average molecular weight is 322 g/mol. The van der Waals surface area contributed by atoms with Crippen molar-refractivity contribution in [1.82, 2.24) is 24.5 Å². The maximum absolute atomic E-state index is 4.64. The number of anilines is 1. The van der Waals surface area contributed by atoms with Crippen LogP contribution in [0.15, 0.2) is 42.7 Å². The summed E-state index contributed by atoms with van der Waals surface area (Å²) in [4.78, 5) is 13.7. The second-order valence-corrected chi connectivity index (χ2v) is 6.27. The van der Waals surface area contributed by atoms with Gasteiger partial charge in [-0.25, -0.2) is 9.50 Å². The zero-order valence-corrected chi connectivity index (χ0v) is 14.0. The summed E-state index contributed by atoms with van der Waals surface area (Å²) in [5, 5.41) is 4.64. The maximum Gasteiger partial charge on any atom is 0.153 e. The Labute approximate surface area is 141 Å². The van der Waals surface area contributed by atoms with Crippen LogP contribution in [0.1, 0.15) is 11.4 Å². The van der Waals surface area contributed by atoms with Gasteiger partial charge in [0.15, 0.2) is 5.65 Å². The van der Waals surface area contributed by atoms with Crippen molar-refractivity contribution in [2.24, 2.45) is 0 Å². The summed E-state index contributed by atoms with van der Waals surface area (Å²) >= 11 is 0. The largest absolute Gasteiger partial charge is 0.353 e. The smallest absolute Gasteiger partial charge is 0.153 e. The van der Waals surface area contributed by atoms with Crippen molar-refractivity contribution < 1.29 is 0 Å². The van der Waals surface area contributed by atoms with Gasteiger partial charge in [0.05, 0.1) is 0 Å². The Kier molecular flexibility index (Phi) is 4.13. The fraction of sp³-hybridized carbons (Fsp3) is 0.389. The summed E-state index contributed by atoms with van der Waals surface area (Å²) in [6.07, 6.45) is 4.69. The summed E-state index contributed by atoms with van der Waals surface area (Å²) in [6, 6.07) is 10.3. The van der Waals surface area contributed by atoms with Crippen LogP contribution in [0.5, 0.6) is 0 Å². The van der Waals surface area contributed by atoms with Gasteiger partial charge in [-0.05, 0) is 31.2 Å². The molecule has 124 valence electrons. The molecule has 1 aliphatic heterocycles. The van der Waals surface area contributed by atoms with Crippen LogP contribution < -0.4 is 4.90 Å². The molecule has 4 rings (SSSR count). The Morgan fingerprint density at radius 1 is 1.04 bits per heavy atom. The van der Waals surface area contributed by atoms with E-state index in [1.54, 1.807) is 6.20 Å². The molecule has 6 nitrogen and oxygen atoms in total. The van der Waals surface area contributed by atoms with Crippen molar-refractivity contribution in [2.75, 3.05) is 37.6 Å². The van der Waals surface area contributed by atoms with Crippen molar-refractivity contribution in [3.63, 3.8) is 0 Å². The van der Waals surface area contributed by atoms with Crippen LogP contribution in [0, 0.1) is 6.92 Å². The molecule has 0 N–H and O–H groups in total. The van der Waals surface area contributed by atoms with Gasteiger partial charge in [-0.3, -0.25) is 9.88 Å². The molecule has 1 aliphatic rings. The third-order valence-electron chi connectivity index (χ3n) is 4.57. The van der Waals surface area contributed by atoms with Crippen LogP contribution in [0.4, 0.5) is 5.82 Å². The molecule has 24 heavy (non-hydrogen) atoms. The van der Waals surface area contributed by atoms with E-state index in [1.165, 1.54) is 5.69 Å². The van der Waals surface area contributed by atoms with Gasteiger partial charge in [-0.15, -0.1) is 5.10 Å². The average Bonchev–Trinajstić information content (AvgIpc) is 3.08. The fourth-order valence-electron chi connectivity index (χ4n) is 3.19. The predicted molar refractivity (Wildman–Crippen MR) is 94.3 cm³/mol. The van der Waals surface area contributed by atoms with Gasteiger partial charge in [0.2, 0.25) is 0 Å². The van der Waals surface area contributed by atoms with E-state index in [4.69, 9.17) is 0 Å². The minimum absolute atomic E-state index is 0.892. The first-order chi connectivity index (χ1) is 11.8. The Bertz CT molecular complexity index is 819. The highest BCUT2D eigenvalue weighted by atomic mass is 15.3. The number of fused-ring (bicyclic) bond motifs is 1. The van der Waals surface area contributed by atoms with Crippen LogP contribution in [0.3, 0.4) is 0 Å². The van der Waals surface area contributed by atoms with E-state index in [1.807, 2.05) is 29.8 Å². The van der Waals surface area contributed by atoms with Crippen molar-refractivity contribution in [2.45, 2.75) is 13.3 Å². The van der Waals surface area contributed by atoms with Gasteiger partial charge in [0, 0.05) is 62.9 Å². The summed E-state index contributed by atoms with van der Waals surface area (Å²) in [6.45, 7) is 7.26. The molecule has 0 spiro atoms. The number of hydrogen-bond donors (Lipinski definition) is 0. The number of aryl methyl sites for hydroxylation is 1. The van der Waals surface area contributed by atoms with Crippen LogP contribution >= 0.6 is 0 Å². The Hall–Kier alpha value is -2.47. The zero-order chi connectivity index (χ0) is 16.4. The highest BCUT2D eigenvalue weighted by molar-refractivity contribution is 5.46. The molecule has 0 saturated carbocycles. The highest BCUT2D eigenvalue weighted by Gasteiger charge is 2.18. The van der Waals surface area contributed by atoms with E-state index in [2.05, 4.69) is 43.1 Å². The number of rotatable bonds is 4. The molecular weight excluding hydrogens is 300 g/mol. The minimum Gasteiger partial charge on any atom is -0.353 e. The minimum atomic E-state index is 0.892. The molecule has 6 heteroatoms. The molecule has 0 unspecified atom stereocenters. The zero-order valence-electron chi connectivity index (χ0n) is 14.0. The standard InChI is InChI=1S/C18H22N6/c1-15-3-2-4-16(20-15)7-9-22-11-13-23(14-12-22)18-6-5-17-19-8-10-24(17)21-18/h2-6,8,10H,7,9,11-14H2,1H3. The Morgan fingerprint density at radius 2 is 1.92 bits per heavy atom. The molecule has 4 heterocycles. The first kappa shape index (κ1) is 15.1. The van der Waals surface area contributed by atoms with Crippen molar-refractivity contribution >= 4 is 11.5 Å². The Morgan fingerprint density at radius 3 is 2.75 bits per heavy atom. The van der Waals surface area contributed by atoms with Gasteiger partial charge in [0.25, 0.3) is 0 Å². The van der Waals surface area contributed by atoms with Gasteiger partial charge in [-0.1, -0.05) is 6.07 Å². The lowest BCUT2D eigenvalue weighted by molar-refractivity contribution is 0.259. The van der Waals surface area contributed by atoms with E-state index >= 15 is 0 Å². The first-order valence-electron chi connectivity index (χ1n) is 8.48. The number of hydrogen-bond acceptors (Lipinski definition) is 5. The third-order valence-corrected chi connectivity index (χ3v) is 4.57. The molecule has 0 radical (unpaired) electrons. The predicted octanol–water partition coefficient (Wildman–Crippen LogP) is 1.80. The molecule has 0 atom stereocenters. The Balaban J connectivity index is 1.33. The number of aromatic nitrogens is 4. The lowest BCUT2D eigenvalue weighted by atomic mass is 10.2. The van der Waals surface area contributed by atoms with Crippen LogP contribution in [0.2, 0.25) is 0 Å². The maximum atomic E-state index is 4.64.